The minimum atomic E-state index is -0.427. The van der Waals surface area contributed by atoms with Gasteiger partial charge in [-0.25, -0.2) is 4.98 Å². The number of aromatic nitrogens is 1. The minimum absolute atomic E-state index is 0.00333. The highest BCUT2D eigenvalue weighted by molar-refractivity contribution is 5.56. The second-order valence-electron chi connectivity index (χ2n) is 5.20. The topological polar surface area (TPSA) is 68.5 Å². The number of benzene rings is 1. The molecule has 6 nitrogen and oxygen atoms in total. The molecule has 0 aliphatic carbocycles. The predicted molar refractivity (Wildman–Crippen MR) is 85.6 cm³/mol. The zero-order chi connectivity index (χ0) is 16.1. The van der Waals surface area contributed by atoms with Crippen molar-refractivity contribution < 1.29 is 9.66 Å². The van der Waals surface area contributed by atoms with Crippen LogP contribution in [-0.4, -0.2) is 30.1 Å². The lowest BCUT2D eigenvalue weighted by Crippen LogP contribution is -2.25. The summed E-state index contributed by atoms with van der Waals surface area (Å²) < 4.78 is 5.72. The molecule has 0 aliphatic rings. The molecule has 0 saturated heterocycles. The molecule has 1 heterocycles. The highest BCUT2D eigenvalue weighted by atomic mass is 16.6. The molecule has 0 bridgehead atoms. The van der Waals surface area contributed by atoms with E-state index in [0.717, 1.165) is 16.9 Å². The van der Waals surface area contributed by atoms with Crippen LogP contribution < -0.4 is 9.64 Å². The normalized spacial score (nSPS) is 10.3. The quantitative estimate of drug-likeness (QED) is 0.605. The molecule has 0 radical (unpaired) electrons. The van der Waals surface area contributed by atoms with Gasteiger partial charge in [0, 0.05) is 19.3 Å². The molecule has 116 valence electrons. The first-order valence-electron chi connectivity index (χ1n) is 6.99. The van der Waals surface area contributed by atoms with Gasteiger partial charge in [0.05, 0.1) is 11.5 Å². The molecule has 22 heavy (non-hydrogen) atoms. The van der Waals surface area contributed by atoms with Gasteiger partial charge in [0.2, 0.25) is 5.82 Å². The molecular weight excluding hydrogens is 282 g/mol. The average molecular weight is 301 g/mol. The van der Waals surface area contributed by atoms with Crippen molar-refractivity contribution in [3.8, 4) is 5.75 Å². The molecule has 0 unspecified atom stereocenters. The first kappa shape index (κ1) is 15.8. The van der Waals surface area contributed by atoms with E-state index in [-0.39, 0.29) is 5.69 Å². The smallest absolute Gasteiger partial charge is 0.311 e. The van der Waals surface area contributed by atoms with Gasteiger partial charge in [-0.3, -0.25) is 10.1 Å². The third kappa shape index (κ3) is 3.94. The van der Waals surface area contributed by atoms with Crippen molar-refractivity contribution in [2.75, 3.05) is 25.1 Å². The summed E-state index contributed by atoms with van der Waals surface area (Å²) in [6.07, 6.45) is 1.55. The van der Waals surface area contributed by atoms with Gasteiger partial charge in [-0.1, -0.05) is 6.07 Å². The maximum absolute atomic E-state index is 11.0. The second-order valence-corrected chi connectivity index (χ2v) is 5.20. The summed E-state index contributed by atoms with van der Waals surface area (Å²) in [6, 6.07) is 9.02. The van der Waals surface area contributed by atoms with E-state index in [1.54, 1.807) is 24.2 Å². The highest BCUT2D eigenvalue weighted by Gasteiger charge is 2.17. The molecule has 0 N–H and O–H groups in total. The highest BCUT2D eigenvalue weighted by Crippen LogP contribution is 2.23. The molecule has 0 spiro atoms. The van der Waals surface area contributed by atoms with Crippen LogP contribution in [-0.2, 0) is 0 Å². The van der Waals surface area contributed by atoms with Crippen LogP contribution in [0.25, 0.3) is 0 Å². The van der Waals surface area contributed by atoms with Crippen molar-refractivity contribution in [2.45, 2.75) is 13.8 Å². The minimum Gasteiger partial charge on any atom is -0.492 e. The van der Waals surface area contributed by atoms with E-state index < -0.39 is 4.92 Å². The lowest BCUT2D eigenvalue weighted by atomic mass is 10.1. The first-order chi connectivity index (χ1) is 10.5. The molecule has 2 aromatic rings. The van der Waals surface area contributed by atoms with E-state index in [1.165, 1.54) is 6.07 Å². The molecule has 0 atom stereocenters. The number of anilines is 1. The van der Waals surface area contributed by atoms with E-state index in [1.807, 2.05) is 26.0 Å². The fraction of sp³-hybridized carbons (Fsp3) is 0.312. The monoisotopic (exact) mass is 301 g/mol. The molecule has 1 aromatic heterocycles. The summed E-state index contributed by atoms with van der Waals surface area (Å²) in [5.74, 6) is 1.15. The van der Waals surface area contributed by atoms with Crippen molar-refractivity contribution in [1.29, 1.82) is 0 Å². The van der Waals surface area contributed by atoms with Gasteiger partial charge in [-0.15, -0.1) is 0 Å². The molecule has 0 amide bonds. The Morgan fingerprint density at radius 1 is 1.27 bits per heavy atom. The molecular formula is C16H19N3O3. The number of nitro groups is 1. The van der Waals surface area contributed by atoms with Crippen LogP contribution in [0.5, 0.6) is 5.75 Å². The zero-order valence-corrected chi connectivity index (χ0v) is 12.9. The standard InChI is InChI=1S/C16H19N3O3/c1-12-9-13(2)11-14(10-12)22-8-7-18(3)16-15(19(20)21)5-4-6-17-16/h4-6,9-11H,7-8H2,1-3H3. The van der Waals surface area contributed by atoms with Gasteiger partial charge in [-0.2, -0.15) is 0 Å². The summed E-state index contributed by atoms with van der Waals surface area (Å²) in [5.41, 5.74) is 2.28. The number of nitrogens with zero attached hydrogens (tertiary/aromatic N) is 3. The number of likely N-dealkylation sites (N-methyl/N-ethyl adjacent to an activating group) is 1. The van der Waals surface area contributed by atoms with Crippen LogP contribution in [0.2, 0.25) is 0 Å². The molecule has 0 fully saturated rings. The van der Waals surface area contributed by atoms with Crippen molar-refractivity contribution in [3.05, 3.63) is 57.8 Å². The maximum Gasteiger partial charge on any atom is 0.311 e. The van der Waals surface area contributed by atoms with E-state index in [0.29, 0.717) is 19.0 Å². The Bertz CT molecular complexity index is 653. The Balaban J connectivity index is 1.98. The van der Waals surface area contributed by atoms with Crippen molar-refractivity contribution >= 4 is 11.5 Å². The van der Waals surface area contributed by atoms with E-state index in [4.69, 9.17) is 4.74 Å². The van der Waals surface area contributed by atoms with Crippen LogP contribution in [0.15, 0.2) is 36.5 Å². The summed E-state index contributed by atoms with van der Waals surface area (Å²) in [7, 11) is 1.76. The van der Waals surface area contributed by atoms with Crippen LogP contribution >= 0.6 is 0 Å². The third-order valence-electron chi connectivity index (χ3n) is 3.21. The lowest BCUT2D eigenvalue weighted by Gasteiger charge is -2.18. The summed E-state index contributed by atoms with van der Waals surface area (Å²) in [6.45, 7) is 4.96. The largest absolute Gasteiger partial charge is 0.492 e. The average Bonchev–Trinajstić information content (AvgIpc) is 2.46. The van der Waals surface area contributed by atoms with Gasteiger partial charge in [0.1, 0.15) is 12.4 Å². The summed E-state index contributed by atoms with van der Waals surface area (Å²) >= 11 is 0. The van der Waals surface area contributed by atoms with Crippen molar-refractivity contribution in [1.82, 2.24) is 4.98 Å². The molecule has 0 saturated carbocycles. The number of aryl methyl sites for hydroxylation is 2. The Hall–Kier alpha value is -2.63. The number of hydrogen-bond donors (Lipinski definition) is 0. The molecule has 6 heteroatoms. The van der Waals surface area contributed by atoms with Crippen LogP contribution in [0.1, 0.15) is 11.1 Å². The fourth-order valence-corrected chi connectivity index (χ4v) is 2.25. The maximum atomic E-state index is 11.0. The number of rotatable bonds is 6. The van der Waals surface area contributed by atoms with Crippen LogP contribution in [0, 0.1) is 24.0 Å². The Morgan fingerprint density at radius 3 is 2.59 bits per heavy atom. The SMILES string of the molecule is Cc1cc(C)cc(OCCN(C)c2ncccc2[N+](=O)[O-])c1. The van der Waals surface area contributed by atoms with Gasteiger partial charge in [-0.05, 0) is 43.2 Å². The Kier molecular flexibility index (Phi) is 4.93. The van der Waals surface area contributed by atoms with E-state index in [9.17, 15) is 10.1 Å². The molecule has 0 aliphatic heterocycles. The van der Waals surface area contributed by atoms with Crippen LogP contribution in [0.3, 0.4) is 0 Å². The van der Waals surface area contributed by atoms with Gasteiger partial charge in [0.25, 0.3) is 0 Å². The third-order valence-corrected chi connectivity index (χ3v) is 3.21. The van der Waals surface area contributed by atoms with E-state index >= 15 is 0 Å². The van der Waals surface area contributed by atoms with Crippen molar-refractivity contribution in [3.63, 3.8) is 0 Å². The molecule has 1 aromatic carbocycles. The van der Waals surface area contributed by atoms with E-state index in [2.05, 4.69) is 11.1 Å². The number of ether oxygens (including phenoxy) is 1. The Labute approximate surface area is 129 Å². The predicted octanol–water partition coefficient (Wildman–Crippen LogP) is 3.12. The zero-order valence-electron chi connectivity index (χ0n) is 12.9. The number of pyridine rings is 1. The van der Waals surface area contributed by atoms with Gasteiger partial charge >= 0.3 is 5.69 Å². The molecule has 2 rings (SSSR count). The van der Waals surface area contributed by atoms with Gasteiger partial charge < -0.3 is 9.64 Å². The lowest BCUT2D eigenvalue weighted by molar-refractivity contribution is -0.384. The van der Waals surface area contributed by atoms with Crippen LogP contribution in [0.4, 0.5) is 11.5 Å². The summed E-state index contributed by atoms with van der Waals surface area (Å²) in [5, 5.41) is 11.0. The summed E-state index contributed by atoms with van der Waals surface area (Å²) in [4.78, 5) is 16.4. The van der Waals surface area contributed by atoms with Crippen molar-refractivity contribution in [2.24, 2.45) is 0 Å². The first-order valence-corrected chi connectivity index (χ1v) is 6.99. The fourth-order valence-electron chi connectivity index (χ4n) is 2.25. The second kappa shape index (κ2) is 6.89. The Morgan fingerprint density at radius 2 is 1.95 bits per heavy atom. The van der Waals surface area contributed by atoms with Gasteiger partial charge in [0.15, 0.2) is 0 Å². The number of hydrogen-bond acceptors (Lipinski definition) is 5.